The highest BCUT2D eigenvalue weighted by atomic mass is 16.2. The summed E-state index contributed by atoms with van der Waals surface area (Å²) in [5.74, 6) is 2.64. The van der Waals surface area contributed by atoms with Gasteiger partial charge in [0.2, 0.25) is 5.91 Å². The SMILES string of the molecule is Cn1c(CCc2ccc(C(=N)N)cc2)nc2cc(N(Cc3ccccc3)C(=O)CCC3CCC(Cc4ccccc4)CC3)ccc21. The summed E-state index contributed by atoms with van der Waals surface area (Å²) in [7, 11) is 2.06. The van der Waals surface area contributed by atoms with E-state index >= 15 is 0 Å². The van der Waals surface area contributed by atoms with Gasteiger partial charge < -0.3 is 15.2 Å². The molecule has 0 unspecified atom stereocenters. The van der Waals surface area contributed by atoms with Crippen LogP contribution in [-0.4, -0.2) is 21.3 Å². The summed E-state index contributed by atoms with van der Waals surface area (Å²) in [6, 6.07) is 35.2. The van der Waals surface area contributed by atoms with Crippen LogP contribution in [0.3, 0.4) is 0 Å². The van der Waals surface area contributed by atoms with Crippen molar-refractivity contribution >= 4 is 28.5 Å². The lowest BCUT2D eigenvalue weighted by molar-refractivity contribution is -0.119. The van der Waals surface area contributed by atoms with Crippen LogP contribution in [0, 0.1) is 17.2 Å². The lowest BCUT2D eigenvalue weighted by Gasteiger charge is -2.29. The third kappa shape index (κ3) is 7.74. The molecule has 0 atom stereocenters. The van der Waals surface area contributed by atoms with E-state index in [2.05, 4.69) is 72.3 Å². The zero-order valence-corrected chi connectivity index (χ0v) is 26.9. The number of hydrogen-bond acceptors (Lipinski definition) is 3. The molecule has 1 saturated carbocycles. The Hall–Kier alpha value is -4.71. The third-order valence-corrected chi connectivity index (χ3v) is 9.76. The van der Waals surface area contributed by atoms with Crippen molar-refractivity contribution in [1.82, 2.24) is 9.55 Å². The second-order valence-corrected chi connectivity index (χ2v) is 13.0. The summed E-state index contributed by atoms with van der Waals surface area (Å²) < 4.78 is 2.15. The largest absolute Gasteiger partial charge is 0.384 e. The van der Waals surface area contributed by atoms with E-state index in [9.17, 15) is 4.79 Å². The fraction of sp³-hybridized carbons (Fsp3) is 0.325. The molecule has 0 radical (unpaired) electrons. The zero-order chi connectivity index (χ0) is 31.9. The molecule has 0 aliphatic heterocycles. The van der Waals surface area contributed by atoms with Gasteiger partial charge in [0.05, 0.1) is 17.6 Å². The number of imidazole rings is 1. The first-order valence-corrected chi connectivity index (χ1v) is 16.7. The number of carbonyl (C=O) groups is 1. The molecule has 1 amide bonds. The van der Waals surface area contributed by atoms with Gasteiger partial charge >= 0.3 is 0 Å². The van der Waals surface area contributed by atoms with Crippen LogP contribution in [0.1, 0.15) is 66.6 Å². The molecule has 236 valence electrons. The molecule has 1 aliphatic carbocycles. The molecule has 46 heavy (non-hydrogen) atoms. The van der Waals surface area contributed by atoms with Crippen LogP contribution in [-0.2, 0) is 37.6 Å². The summed E-state index contributed by atoms with van der Waals surface area (Å²) in [6.45, 7) is 0.547. The van der Waals surface area contributed by atoms with Crippen LogP contribution in [0.2, 0.25) is 0 Å². The number of anilines is 1. The summed E-state index contributed by atoms with van der Waals surface area (Å²) in [5.41, 5.74) is 13.0. The van der Waals surface area contributed by atoms with Gasteiger partial charge in [-0.3, -0.25) is 10.2 Å². The number of nitrogens with two attached hydrogens (primary N) is 1. The Morgan fingerprint density at radius 3 is 2.15 bits per heavy atom. The van der Waals surface area contributed by atoms with Crippen molar-refractivity contribution in [2.45, 2.75) is 64.3 Å². The van der Waals surface area contributed by atoms with Gasteiger partial charge in [-0.15, -0.1) is 0 Å². The molecule has 1 fully saturated rings. The Labute approximate surface area is 272 Å². The maximum atomic E-state index is 13.9. The number of amides is 1. The highest BCUT2D eigenvalue weighted by Gasteiger charge is 2.24. The van der Waals surface area contributed by atoms with E-state index in [1.54, 1.807) is 0 Å². The summed E-state index contributed by atoms with van der Waals surface area (Å²) >= 11 is 0. The average molecular weight is 612 g/mol. The number of carbonyl (C=O) groups excluding carboxylic acids is 1. The van der Waals surface area contributed by atoms with E-state index in [0.717, 1.165) is 58.9 Å². The first kappa shape index (κ1) is 31.3. The minimum absolute atomic E-state index is 0.0825. The van der Waals surface area contributed by atoms with Crippen LogP contribution in [0.4, 0.5) is 5.69 Å². The van der Waals surface area contributed by atoms with E-state index in [1.165, 1.54) is 43.2 Å². The number of fused-ring (bicyclic) bond motifs is 1. The quantitative estimate of drug-likeness (QED) is 0.111. The molecule has 1 heterocycles. The van der Waals surface area contributed by atoms with Crippen molar-refractivity contribution in [3.05, 3.63) is 131 Å². The first-order chi connectivity index (χ1) is 22.4. The minimum atomic E-state index is 0.0825. The van der Waals surface area contributed by atoms with Crippen molar-refractivity contribution in [1.29, 1.82) is 5.41 Å². The van der Waals surface area contributed by atoms with Gasteiger partial charge in [0.25, 0.3) is 0 Å². The number of hydrogen-bond donors (Lipinski definition) is 2. The predicted octanol–water partition coefficient (Wildman–Crippen LogP) is 8.01. The Kier molecular flexibility index (Phi) is 9.92. The lowest BCUT2D eigenvalue weighted by atomic mass is 9.77. The Morgan fingerprint density at radius 2 is 1.48 bits per heavy atom. The smallest absolute Gasteiger partial charge is 0.227 e. The van der Waals surface area contributed by atoms with Crippen LogP contribution >= 0.6 is 0 Å². The Morgan fingerprint density at radius 1 is 0.826 bits per heavy atom. The molecule has 6 nitrogen and oxygen atoms in total. The molecule has 1 aliphatic rings. The second-order valence-electron chi connectivity index (χ2n) is 13.0. The topological polar surface area (TPSA) is 88.0 Å². The van der Waals surface area contributed by atoms with Crippen molar-refractivity contribution in [2.75, 3.05) is 4.90 Å². The molecular formula is C40H45N5O. The lowest BCUT2D eigenvalue weighted by Crippen LogP contribution is -2.31. The van der Waals surface area contributed by atoms with Gasteiger partial charge in [-0.05, 0) is 78.8 Å². The average Bonchev–Trinajstić information content (AvgIpc) is 3.41. The third-order valence-electron chi connectivity index (χ3n) is 9.76. The minimum Gasteiger partial charge on any atom is -0.384 e. The summed E-state index contributed by atoms with van der Waals surface area (Å²) in [5, 5.41) is 7.62. The fourth-order valence-electron chi connectivity index (χ4n) is 6.96. The summed E-state index contributed by atoms with van der Waals surface area (Å²) in [6.07, 6.45) is 9.26. The number of nitrogen functional groups attached to an aromatic ring is 1. The van der Waals surface area contributed by atoms with E-state index in [4.69, 9.17) is 16.1 Å². The van der Waals surface area contributed by atoms with Crippen LogP contribution < -0.4 is 10.6 Å². The Balaban J connectivity index is 1.12. The van der Waals surface area contributed by atoms with Gasteiger partial charge in [-0.2, -0.15) is 0 Å². The first-order valence-electron chi connectivity index (χ1n) is 16.7. The molecule has 3 N–H and O–H groups in total. The van der Waals surface area contributed by atoms with Crippen molar-refractivity contribution in [2.24, 2.45) is 24.6 Å². The Bertz CT molecular complexity index is 1750. The predicted molar refractivity (Wildman–Crippen MR) is 188 cm³/mol. The molecule has 0 spiro atoms. The van der Waals surface area contributed by atoms with E-state index in [1.807, 2.05) is 47.4 Å². The molecule has 6 rings (SSSR count). The standard InChI is InChI=1S/C40H45N5O/c1-44-37-23-22-35(27-36(37)43-38(44)24-18-30-16-20-34(21-17-30)40(41)42)45(28-33-10-6-3-7-11-33)39(46)25-19-29-12-14-32(15-13-29)26-31-8-4-2-5-9-31/h2-11,16-17,20-23,27,29,32H,12-15,18-19,24-26,28H2,1H3,(H3,41,42). The van der Waals surface area contributed by atoms with Crippen LogP contribution in [0.5, 0.6) is 0 Å². The number of nitrogens with one attached hydrogen (secondary N) is 1. The van der Waals surface area contributed by atoms with Gasteiger partial charge in [0.1, 0.15) is 11.7 Å². The highest BCUT2D eigenvalue weighted by molar-refractivity contribution is 5.95. The molecule has 0 saturated heterocycles. The van der Waals surface area contributed by atoms with Gasteiger partial charge in [0, 0.05) is 31.1 Å². The van der Waals surface area contributed by atoms with E-state index in [-0.39, 0.29) is 11.7 Å². The number of aromatic nitrogens is 2. The van der Waals surface area contributed by atoms with Crippen molar-refractivity contribution in [3.8, 4) is 0 Å². The number of rotatable bonds is 12. The molecule has 1 aromatic heterocycles. The highest BCUT2D eigenvalue weighted by Crippen LogP contribution is 2.34. The number of nitrogens with zero attached hydrogens (tertiary/aromatic N) is 3. The summed E-state index contributed by atoms with van der Waals surface area (Å²) in [4.78, 5) is 20.9. The van der Waals surface area contributed by atoms with Crippen molar-refractivity contribution < 1.29 is 4.79 Å². The normalized spacial score (nSPS) is 16.4. The van der Waals surface area contributed by atoms with Crippen LogP contribution in [0.25, 0.3) is 11.0 Å². The number of aryl methyl sites for hydroxylation is 3. The van der Waals surface area contributed by atoms with E-state index < -0.39 is 0 Å². The molecule has 0 bridgehead atoms. The number of amidine groups is 1. The van der Waals surface area contributed by atoms with Gasteiger partial charge in [-0.25, -0.2) is 4.98 Å². The van der Waals surface area contributed by atoms with E-state index in [0.29, 0.717) is 18.9 Å². The number of benzene rings is 4. The molecule has 6 heteroatoms. The van der Waals surface area contributed by atoms with Gasteiger partial charge in [0.15, 0.2) is 0 Å². The van der Waals surface area contributed by atoms with Crippen LogP contribution in [0.15, 0.2) is 103 Å². The monoisotopic (exact) mass is 611 g/mol. The molecule has 4 aromatic carbocycles. The maximum absolute atomic E-state index is 13.9. The maximum Gasteiger partial charge on any atom is 0.227 e. The van der Waals surface area contributed by atoms with Gasteiger partial charge in [-0.1, -0.05) is 97.8 Å². The zero-order valence-electron chi connectivity index (χ0n) is 26.9. The fourth-order valence-corrected chi connectivity index (χ4v) is 6.96. The molecular weight excluding hydrogens is 566 g/mol. The molecule has 5 aromatic rings. The second kappa shape index (κ2) is 14.6. The van der Waals surface area contributed by atoms with Crippen molar-refractivity contribution in [3.63, 3.8) is 0 Å².